The minimum Gasteiger partial charge on any atom is -0.497 e. The molecule has 0 N–H and O–H groups in total. The van der Waals surface area contributed by atoms with E-state index in [2.05, 4.69) is 0 Å². The second-order valence-electron chi connectivity index (χ2n) is 5.90. The van der Waals surface area contributed by atoms with Crippen molar-refractivity contribution in [3.8, 4) is 11.5 Å². The van der Waals surface area contributed by atoms with Crippen molar-refractivity contribution in [1.82, 2.24) is 4.31 Å². The molecule has 6 nitrogen and oxygen atoms in total. The van der Waals surface area contributed by atoms with Gasteiger partial charge in [-0.3, -0.25) is 0 Å². The van der Waals surface area contributed by atoms with Gasteiger partial charge >= 0.3 is 0 Å². The maximum atomic E-state index is 12.9. The molecule has 2 aromatic carbocycles. The fourth-order valence-electron chi connectivity index (χ4n) is 2.62. The Bertz CT molecular complexity index is 864. The van der Waals surface area contributed by atoms with Crippen molar-refractivity contribution in [3.05, 3.63) is 53.8 Å². The van der Waals surface area contributed by atoms with Crippen LogP contribution in [0.4, 0.5) is 4.39 Å². The van der Waals surface area contributed by atoms with Crippen LogP contribution < -0.4 is 9.47 Å². The molecule has 0 unspecified atom stereocenters. The van der Waals surface area contributed by atoms with Crippen LogP contribution >= 0.6 is 0 Å². The van der Waals surface area contributed by atoms with Crippen LogP contribution in [0.3, 0.4) is 0 Å². The highest BCUT2D eigenvalue weighted by atomic mass is 32.2. The van der Waals surface area contributed by atoms with Crippen molar-refractivity contribution >= 4 is 10.0 Å². The molecular weight excluding hydrogens is 361 g/mol. The molecule has 1 aliphatic rings. The highest BCUT2D eigenvalue weighted by molar-refractivity contribution is 7.89. The quantitative estimate of drug-likeness (QED) is 0.737. The van der Waals surface area contributed by atoms with Crippen molar-refractivity contribution < 1.29 is 27.0 Å². The van der Waals surface area contributed by atoms with E-state index in [1.54, 1.807) is 24.3 Å². The molecule has 0 aromatic heterocycles. The zero-order valence-corrected chi connectivity index (χ0v) is 15.3. The Morgan fingerprint density at radius 3 is 2.38 bits per heavy atom. The van der Waals surface area contributed by atoms with Crippen LogP contribution in [0.1, 0.15) is 5.56 Å². The van der Waals surface area contributed by atoms with Gasteiger partial charge in [0, 0.05) is 19.2 Å². The summed E-state index contributed by atoms with van der Waals surface area (Å²) >= 11 is 0. The number of sulfonamides is 1. The van der Waals surface area contributed by atoms with Crippen LogP contribution in [-0.2, 0) is 21.4 Å². The third kappa shape index (κ3) is 3.82. The second-order valence-corrected chi connectivity index (χ2v) is 7.80. The molecule has 26 heavy (non-hydrogen) atoms. The van der Waals surface area contributed by atoms with Gasteiger partial charge in [-0.1, -0.05) is 12.1 Å². The lowest BCUT2D eigenvalue weighted by Crippen LogP contribution is -2.54. The molecule has 0 saturated carbocycles. The van der Waals surface area contributed by atoms with Crippen molar-refractivity contribution in [2.45, 2.75) is 17.6 Å². The summed E-state index contributed by atoms with van der Waals surface area (Å²) in [5.41, 5.74) is 0.835. The lowest BCUT2D eigenvalue weighted by atomic mass is 10.2. The number of nitrogens with zero attached hydrogens (tertiary/aromatic N) is 1. The van der Waals surface area contributed by atoms with Crippen molar-refractivity contribution in [2.24, 2.45) is 0 Å². The lowest BCUT2D eigenvalue weighted by molar-refractivity contribution is -0.0296. The monoisotopic (exact) mass is 381 g/mol. The average molecular weight is 381 g/mol. The van der Waals surface area contributed by atoms with E-state index < -0.39 is 10.0 Å². The van der Waals surface area contributed by atoms with E-state index in [1.165, 1.54) is 36.7 Å². The SMILES string of the molecule is COc1ccc(OC)c(S(=O)(=O)N2CC(OCc3ccc(F)cc3)C2)c1. The summed E-state index contributed by atoms with van der Waals surface area (Å²) in [4.78, 5) is 0.0661. The van der Waals surface area contributed by atoms with Crippen molar-refractivity contribution in [3.63, 3.8) is 0 Å². The molecule has 1 heterocycles. The number of hydrogen-bond donors (Lipinski definition) is 0. The van der Waals surface area contributed by atoms with E-state index in [9.17, 15) is 12.8 Å². The van der Waals surface area contributed by atoms with Crippen LogP contribution in [0.5, 0.6) is 11.5 Å². The predicted molar refractivity (Wildman–Crippen MR) is 93.3 cm³/mol. The molecule has 1 saturated heterocycles. The topological polar surface area (TPSA) is 65.1 Å². The first kappa shape index (κ1) is 18.6. The Hall–Kier alpha value is -2.16. The van der Waals surface area contributed by atoms with Crippen molar-refractivity contribution in [1.29, 1.82) is 0 Å². The average Bonchev–Trinajstić information content (AvgIpc) is 2.61. The molecular formula is C18H20FNO5S. The molecule has 3 rings (SSSR count). The standard InChI is InChI=1S/C18H20FNO5S/c1-23-15-7-8-17(24-2)18(9-15)26(21,22)20-10-16(11-20)25-12-13-3-5-14(19)6-4-13/h3-9,16H,10-12H2,1-2H3. The molecule has 0 aliphatic carbocycles. The smallest absolute Gasteiger partial charge is 0.247 e. The fraction of sp³-hybridized carbons (Fsp3) is 0.333. The largest absolute Gasteiger partial charge is 0.497 e. The summed E-state index contributed by atoms with van der Waals surface area (Å²) in [6.07, 6.45) is -0.202. The van der Waals surface area contributed by atoms with Gasteiger partial charge in [-0.25, -0.2) is 12.8 Å². The first-order valence-corrected chi connectivity index (χ1v) is 9.46. The van der Waals surface area contributed by atoms with Gasteiger partial charge in [0.15, 0.2) is 0 Å². The minimum atomic E-state index is -3.70. The summed E-state index contributed by atoms with van der Waals surface area (Å²) in [7, 11) is -0.805. The summed E-state index contributed by atoms with van der Waals surface area (Å²) in [6, 6.07) is 10.7. The van der Waals surface area contributed by atoms with Crippen LogP contribution in [0.2, 0.25) is 0 Å². The van der Waals surface area contributed by atoms with E-state index in [-0.39, 0.29) is 35.7 Å². The summed E-state index contributed by atoms with van der Waals surface area (Å²) in [5, 5.41) is 0. The van der Waals surface area contributed by atoms with Crippen LogP contribution in [-0.4, -0.2) is 46.1 Å². The molecule has 1 fully saturated rings. The van der Waals surface area contributed by atoms with Gasteiger partial charge in [-0.15, -0.1) is 0 Å². The normalized spacial score (nSPS) is 15.5. The van der Waals surface area contributed by atoms with Gasteiger partial charge in [0.05, 0.1) is 26.9 Å². The number of methoxy groups -OCH3 is 2. The summed E-state index contributed by atoms with van der Waals surface area (Å²) in [6.45, 7) is 0.815. The maximum Gasteiger partial charge on any atom is 0.247 e. The molecule has 0 bridgehead atoms. The van der Waals surface area contributed by atoms with Gasteiger partial charge in [-0.05, 0) is 29.8 Å². The van der Waals surface area contributed by atoms with Gasteiger partial charge in [0.1, 0.15) is 22.2 Å². The van der Waals surface area contributed by atoms with Crippen LogP contribution in [0.15, 0.2) is 47.4 Å². The summed E-state index contributed by atoms with van der Waals surface area (Å²) < 4.78 is 55.8. The first-order chi connectivity index (χ1) is 12.4. The molecule has 0 amide bonds. The molecule has 140 valence electrons. The zero-order chi connectivity index (χ0) is 18.7. The molecule has 0 radical (unpaired) electrons. The number of halogens is 1. The van der Waals surface area contributed by atoms with E-state index in [1.807, 2.05) is 0 Å². The number of rotatable bonds is 7. The highest BCUT2D eigenvalue weighted by Gasteiger charge is 2.39. The predicted octanol–water partition coefficient (Wildman–Crippen LogP) is 2.43. The number of benzene rings is 2. The highest BCUT2D eigenvalue weighted by Crippen LogP contribution is 2.33. The Labute approximate surface area is 152 Å². The zero-order valence-electron chi connectivity index (χ0n) is 14.5. The van der Waals surface area contributed by atoms with Gasteiger partial charge < -0.3 is 14.2 Å². The maximum absolute atomic E-state index is 12.9. The molecule has 1 aliphatic heterocycles. The Kier molecular flexibility index (Phi) is 5.45. The summed E-state index contributed by atoms with van der Waals surface area (Å²) in [5.74, 6) is 0.400. The lowest BCUT2D eigenvalue weighted by Gasteiger charge is -2.37. The van der Waals surface area contributed by atoms with E-state index in [4.69, 9.17) is 14.2 Å². The third-order valence-electron chi connectivity index (χ3n) is 4.20. The Morgan fingerprint density at radius 1 is 1.08 bits per heavy atom. The van der Waals surface area contributed by atoms with Gasteiger partial charge in [0.25, 0.3) is 0 Å². The molecule has 2 aromatic rings. The molecule has 8 heteroatoms. The van der Waals surface area contributed by atoms with Gasteiger partial charge in [0.2, 0.25) is 10.0 Å². The van der Waals surface area contributed by atoms with E-state index >= 15 is 0 Å². The molecule has 0 spiro atoms. The van der Waals surface area contributed by atoms with Gasteiger partial charge in [-0.2, -0.15) is 4.31 Å². The third-order valence-corrected chi connectivity index (χ3v) is 6.05. The minimum absolute atomic E-state index is 0.0661. The first-order valence-electron chi connectivity index (χ1n) is 8.02. The van der Waals surface area contributed by atoms with E-state index in [0.29, 0.717) is 12.4 Å². The number of ether oxygens (including phenoxy) is 3. The van der Waals surface area contributed by atoms with E-state index in [0.717, 1.165) is 5.56 Å². The fourth-order valence-corrected chi connectivity index (χ4v) is 4.30. The Morgan fingerprint density at radius 2 is 1.77 bits per heavy atom. The Balaban J connectivity index is 1.63. The van der Waals surface area contributed by atoms with Crippen LogP contribution in [0.25, 0.3) is 0 Å². The molecule has 0 atom stereocenters. The van der Waals surface area contributed by atoms with Crippen LogP contribution in [0, 0.1) is 5.82 Å². The van der Waals surface area contributed by atoms with Crippen molar-refractivity contribution in [2.75, 3.05) is 27.3 Å². The number of hydrogen-bond acceptors (Lipinski definition) is 5. The second kappa shape index (κ2) is 7.61.